The van der Waals surface area contributed by atoms with Gasteiger partial charge in [-0.3, -0.25) is 4.18 Å². The van der Waals surface area contributed by atoms with Crippen molar-refractivity contribution in [2.75, 3.05) is 19.8 Å². The average molecular weight is 490 g/mol. The number of nitrogens with zero attached hydrogens (tertiary/aromatic N) is 1. The van der Waals surface area contributed by atoms with Crippen molar-refractivity contribution in [3.63, 3.8) is 0 Å². The third kappa shape index (κ3) is 7.82. The number of likely N-dealkylation sites (tertiary alicyclic amines) is 1. The standard InChI is InChI=1S/C26H35NO6S/c1-20-10-12-24(13-11-20)34(29,30)32-15-14-22-16-23(19-31-18-21-8-6-5-7-9-21)27(17-22)25(28)33-26(2,3)4/h5-13,22-23H,14-19H2,1-4H3/t22?,23-/m0/s1. The lowest BCUT2D eigenvalue weighted by Crippen LogP contribution is -2.41. The molecule has 2 aromatic carbocycles. The second-order valence-corrected chi connectivity index (χ2v) is 11.4. The van der Waals surface area contributed by atoms with Crippen LogP contribution < -0.4 is 0 Å². The molecule has 0 spiro atoms. The van der Waals surface area contributed by atoms with E-state index in [2.05, 4.69) is 0 Å². The minimum absolute atomic E-state index is 0.0562. The number of benzene rings is 2. The summed E-state index contributed by atoms with van der Waals surface area (Å²) >= 11 is 0. The zero-order chi connectivity index (χ0) is 24.8. The molecule has 0 aromatic heterocycles. The van der Waals surface area contributed by atoms with E-state index in [1.165, 1.54) is 0 Å². The van der Waals surface area contributed by atoms with Crippen LogP contribution in [0.3, 0.4) is 0 Å². The average Bonchev–Trinajstić information content (AvgIpc) is 3.16. The summed E-state index contributed by atoms with van der Waals surface area (Å²) in [4.78, 5) is 14.7. The van der Waals surface area contributed by atoms with E-state index in [0.29, 0.717) is 32.6 Å². The fourth-order valence-electron chi connectivity index (χ4n) is 3.91. The Morgan fingerprint density at radius 1 is 1.06 bits per heavy atom. The van der Waals surface area contributed by atoms with E-state index in [-0.39, 0.29) is 29.6 Å². The monoisotopic (exact) mass is 489 g/mol. The maximum atomic E-state index is 12.8. The molecule has 1 heterocycles. The van der Waals surface area contributed by atoms with Crippen LogP contribution in [0.25, 0.3) is 0 Å². The molecule has 2 atom stereocenters. The second kappa shape index (κ2) is 11.3. The summed E-state index contributed by atoms with van der Waals surface area (Å²) in [6.07, 6.45) is 0.832. The predicted molar refractivity (Wildman–Crippen MR) is 130 cm³/mol. The number of carbonyl (C=O) groups excluding carboxylic acids is 1. The molecule has 0 saturated carbocycles. The largest absolute Gasteiger partial charge is 0.444 e. The van der Waals surface area contributed by atoms with E-state index in [1.807, 2.05) is 58.0 Å². The maximum absolute atomic E-state index is 12.8. The summed E-state index contributed by atoms with van der Waals surface area (Å²) in [5.74, 6) is 0.0889. The highest BCUT2D eigenvalue weighted by Crippen LogP contribution is 2.29. The van der Waals surface area contributed by atoms with Crippen LogP contribution in [0, 0.1) is 12.8 Å². The molecule has 0 aliphatic carbocycles. The van der Waals surface area contributed by atoms with Crippen molar-refractivity contribution < 1.29 is 26.9 Å². The van der Waals surface area contributed by atoms with Gasteiger partial charge in [0.15, 0.2) is 0 Å². The molecule has 1 fully saturated rings. The van der Waals surface area contributed by atoms with Gasteiger partial charge >= 0.3 is 6.09 Å². The van der Waals surface area contributed by atoms with Crippen molar-refractivity contribution in [3.8, 4) is 0 Å². The number of rotatable bonds is 9. The van der Waals surface area contributed by atoms with E-state index in [9.17, 15) is 13.2 Å². The van der Waals surface area contributed by atoms with E-state index in [1.54, 1.807) is 29.2 Å². The summed E-state index contributed by atoms with van der Waals surface area (Å²) < 4.78 is 41.7. The minimum Gasteiger partial charge on any atom is -0.444 e. The van der Waals surface area contributed by atoms with Gasteiger partial charge in [0, 0.05) is 6.54 Å². The van der Waals surface area contributed by atoms with E-state index >= 15 is 0 Å². The lowest BCUT2D eigenvalue weighted by atomic mass is 10.0. The predicted octanol–water partition coefficient (Wildman–Crippen LogP) is 4.93. The molecule has 8 heteroatoms. The molecule has 1 saturated heterocycles. The fourth-order valence-corrected chi connectivity index (χ4v) is 4.83. The van der Waals surface area contributed by atoms with Gasteiger partial charge in [0.1, 0.15) is 5.60 Å². The highest BCUT2D eigenvalue weighted by atomic mass is 32.2. The lowest BCUT2D eigenvalue weighted by molar-refractivity contribution is 0.00858. The second-order valence-electron chi connectivity index (χ2n) is 9.77. The molecule has 0 N–H and O–H groups in total. The summed E-state index contributed by atoms with van der Waals surface area (Å²) in [7, 11) is -3.81. The van der Waals surface area contributed by atoms with Gasteiger partial charge in [0.2, 0.25) is 0 Å². The van der Waals surface area contributed by atoms with Crippen molar-refractivity contribution in [2.24, 2.45) is 5.92 Å². The normalized spacial score (nSPS) is 18.8. The first kappa shape index (κ1) is 26.2. The topological polar surface area (TPSA) is 82.1 Å². The van der Waals surface area contributed by atoms with E-state index in [4.69, 9.17) is 13.7 Å². The van der Waals surface area contributed by atoms with Gasteiger partial charge in [0.25, 0.3) is 10.1 Å². The van der Waals surface area contributed by atoms with Gasteiger partial charge in [-0.25, -0.2) is 4.79 Å². The molecule has 1 aliphatic heterocycles. The van der Waals surface area contributed by atoms with Crippen LogP contribution in [0.2, 0.25) is 0 Å². The van der Waals surface area contributed by atoms with Crippen LogP contribution in [0.1, 0.15) is 44.7 Å². The van der Waals surface area contributed by atoms with Crippen LogP contribution in [0.4, 0.5) is 4.79 Å². The maximum Gasteiger partial charge on any atom is 0.410 e. The molecular formula is C26H35NO6S. The highest BCUT2D eigenvalue weighted by molar-refractivity contribution is 7.86. The number of hydrogen-bond donors (Lipinski definition) is 0. The first-order valence-corrected chi connectivity index (χ1v) is 13.0. The number of ether oxygens (including phenoxy) is 2. The third-order valence-electron chi connectivity index (χ3n) is 5.63. The molecule has 2 aromatic rings. The van der Waals surface area contributed by atoms with Crippen molar-refractivity contribution in [2.45, 2.75) is 63.7 Å². The van der Waals surface area contributed by atoms with Crippen molar-refractivity contribution in [3.05, 3.63) is 65.7 Å². The van der Waals surface area contributed by atoms with Crippen LogP contribution in [-0.2, 0) is 30.4 Å². The van der Waals surface area contributed by atoms with Crippen LogP contribution >= 0.6 is 0 Å². The molecule has 186 valence electrons. The number of carbonyl (C=O) groups is 1. The van der Waals surface area contributed by atoms with Crippen LogP contribution in [0.5, 0.6) is 0 Å². The molecule has 0 radical (unpaired) electrons. The van der Waals surface area contributed by atoms with Gasteiger partial charge in [0.05, 0.1) is 30.8 Å². The Hall–Kier alpha value is -2.42. The zero-order valence-electron chi connectivity index (χ0n) is 20.4. The highest BCUT2D eigenvalue weighted by Gasteiger charge is 2.37. The number of amides is 1. The van der Waals surface area contributed by atoms with Crippen molar-refractivity contribution >= 4 is 16.2 Å². The minimum atomic E-state index is -3.81. The Kier molecular flexibility index (Phi) is 8.73. The van der Waals surface area contributed by atoms with E-state index in [0.717, 1.165) is 11.1 Å². The fraction of sp³-hybridized carbons (Fsp3) is 0.500. The Balaban J connectivity index is 1.57. The van der Waals surface area contributed by atoms with Gasteiger partial charge in [-0.15, -0.1) is 0 Å². The van der Waals surface area contributed by atoms with Crippen LogP contribution in [-0.4, -0.2) is 50.8 Å². The Morgan fingerprint density at radius 2 is 1.74 bits per heavy atom. The first-order chi connectivity index (χ1) is 16.0. The molecule has 7 nitrogen and oxygen atoms in total. The van der Waals surface area contributed by atoms with Gasteiger partial charge in [-0.05, 0) is 64.2 Å². The quantitative estimate of drug-likeness (QED) is 0.465. The van der Waals surface area contributed by atoms with Crippen molar-refractivity contribution in [1.29, 1.82) is 0 Å². The number of hydrogen-bond acceptors (Lipinski definition) is 6. The Labute approximate surface area is 203 Å². The first-order valence-electron chi connectivity index (χ1n) is 11.6. The summed E-state index contributed by atoms with van der Waals surface area (Å²) in [5.41, 5.74) is 1.44. The molecular weight excluding hydrogens is 454 g/mol. The molecule has 3 rings (SSSR count). The summed E-state index contributed by atoms with van der Waals surface area (Å²) in [6.45, 7) is 8.78. The number of aryl methyl sites for hydroxylation is 1. The van der Waals surface area contributed by atoms with Crippen LogP contribution in [0.15, 0.2) is 59.5 Å². The Bertz CT molecular complexity index is 1030. The molecule has 1 aliphatic rings. The van der Waals surface area contributed by atoms with Gasteiger partial charge in [-0.1, -0.05) is 48.0 Å². The van der Waals surface area contributed by atoms with E-state index < -0.39 is 15.7 Å². The Morgan fingerprint density at radius 3 is 2.38 bits per heavy atom. The molecule has 1 amide bonds. The summed E-state index contributed by atoms with van der Waals surface area (Å²) in [5, 5.41) is 0. The molecule has 0 bridgehead atoms. The summed E-state index contributed by atoms with van der Waals surface area (Å²) in [6, 6.07) is 16.3. The molecule has 1 unspecified atom stereocenters. The smallest absolute Gasteiger partial charge is 0.410 e. The third-order valence-corrected chi connectivity index (χ3v) is 6.95. The lowest BCUT2D eigenvalue weighted by Gasteiger charge is -2.28. The molecule has 34 heavy (non-hydrogen) atoms. The van der Waals surface area contributed by atoms with Gasteiger partial charge < -0.3 is 14.4 Å². The van der Waals surface area contributed by atoms with Crippen molar-refractivity contribution in [1.82, 2.24) is 4.90 Å². The SMILES string of the molecule is Cc1ccc(S(=O)(=O)OCCC2C[C@@H](COCc3ccccc3)N(C(=O)OC(C)(C)C)C2)cc1. The van der Waals surface area contributed by atoms with Gasteiger partial charge in [-0.2, -0.15) is 8.42 Å². The zero-order valence-corrected chi connectivity index (χ0v) is 21.2.